The molecule has 4 atom stereocenters. The van der Waals surface area contributed by atoms with Gasteiger partial charge in [0.15, 0.2) is 0 Å². The van der Waals surface area contributed by atoms with Crippen LogP contribution in [0, 0.1) is 17.8 Å². The molecule has 4 unspecified atom stereocenters. The monoisotopic (exact) mass is 709 g/mol. The molecular weight excluding hydrogens is 641 g/mol. The average molecular weight is 709 g/mol. The number of carbonyl (C=O) groups excluding carboxylic acids is 1. The van der Waals surface area contributed by atoms with Gasteiger partial charge in [0, 0.05) is 67.0 Å². The number of hydrogen-bond donors (Lipinski definition) is 4. The number of nitrogens with zero attached hydrogens (tertiary/aromatic N) is 2. The minimum Gasteiger partial charge on any atom is -0.397 e. The van der Waals surface area contributed by atoms with Crippen LogP contribution < -0.4 is 21.7 Å². The number of allylic oxidation sites excluding steroid dienone is 10. The van der Waals surface area contributed by atoms with Gasteiger partial charge >= 0.3 is 0 Å². The highest BCUT2D eigenvalue weighted by Gasteiger charge is 2.32. The van der Waals surface area contributed by atoms with Gasteiger partial charge in [0.1, 0.15) is 5.71 Å². The van der Waals surface area contributed by atoms with Crippen LogP contribution in [0.25, 0.3) is 0 Å². The first-order valence-electron chi connectivity index (χ1n) is 18.6. The van der Waals surface area contributed by atoms with Crippen molar-refractivity contribution in [2.45, 2.75) is 80.7 Å². The summed E-state index contributed by atoms with van der Waals surface area (Å²) in [5.41, 5.74) is 13.1. The quantitative estimate of drug-likeness (QED) is 0.0773. The summed E-state index contributed by atoms with van der Waals surface area (Å²) in [4.78, 5) is 21.3. The van der Waals surface area contributed by atoms with E-state index in [1.807, 2.05) is 71.9 Å². The van der Waals surface area contributed by atoms with Gasteiger partial charge in [0.25, 0.3) is 5.91 Å². The van der Waals surface area contributed by atoms with Crippen molar-refractivity contribution in [3.8, 4) is 0 Å². The summed E-state index contributed by atoms with van der Waals surface area (Å²) in [6, 6.07) is 0.317. The summed E-state index contributed by atoms with van der Waals surface area (Å²) in [6.07, 6.45) is 27.2. The van der Waals surface area contributed by atoms with E-state index in [0.29, 0.717) is 54.5 Å². The summed E-state index contributed by atoms with van der Waals surface area (Å²) >= 11 is 0. The molecule has 0 aromatic rings. The van der Waals surface area contributed by atoms with E-state index in [2.05, 4.69) is 102 Å². The van der Waals surface area contributed by atoms with Crippen molar-refractivity contribution in [2.75, 3.05) is 20.1 Å². The Kier molecular flexibility index (Phi) is 24.3. The summed E-state index contributed by atoms with van der Waals surface area (Å²) in [5, 5.41) is 10.0. The fraction of sp³-hybridized carbons (Fsp3) is 0.400. The molecule has 1 saturated carbocycles. The molecule has 7 heteroatoms. The van der Waals surface area contributed by atoms with Crippen LogP contribution in [0.4, 0.5) is 0 Å². The minimum absolute atomic E-state index is 0.0391. The van der Waals surface area contributed by atoms with Crippen molar-refractivity contribution in [1.29, 1.82) is 0 Å². The molecule has 0 saturated heterocycles. The molecule has 0 spiro atoms. The van der Waals surface area contributed by atoms with Gasteiger partial charge in [-0.25, -0.2) is 4.99 Å². The van der Waals surface area contributed by atoms with Gasteiger partial charge in [0.05, 0.1) is 11.4 Å². The van der Waals surface area contributed by atoms with Crippen LogP contribution in [0.5, 0.6) is 0 Å². The zero-order valence-corrected chi connectivity index (χ0v) is 33.7. The van der Waals surface area contributed by atoms with E-state index in [9.17, 15) is 4.79 Å². The molecule has 3 aliphatic carbocycles. The second-order valence-corrected chi connectivity index (χ2v) is 12.2. The topological polar surface area (TPSA) is 104 Å². The summed E-state index contributed by atoms with van der Waals surface area (Å²) in [7, 11) is 1.75. The van der Waals surface area contributed by atoms with Gasteiger partial charge in [-0.3, -0.25) is 4.79 Å². The molecule has 3 rings (SSSR count). The van der Waals surface area contributed by atoms with Crippen LogP contribution in [0.1, 0.15) is 74.7 Å². The highest BCUT2D eigenvalue weighted by molar-refractivity contribution is 6.43. The number of carbonyl (C=O) groups is 1. The van der Waals surface area contributed by atoms with Gasteiger partial charge in [-0.1, -0.05) is 127 Å². The molecule has 0 aliphatic heterocycles. The summed E-state index contributed by atoms with van der Waals surface area (Å²) in [6.45, 7) is 36.7. The van der Waals surface area contributed by atoms with Crippen LogP contribution in [-0.2, 0) is 4.79 Å². The van der Waals surface area contributed by atoms with Crippen molar-refractivity contribution >= 4 is 17.8 Å². The zero-order chi connectivity index (χ0) is 39.6. The molecule has 0 aromatic carbocycles. The molecule has 7 nitrogen and oxygen atoms in total. The summed E-state index contributed by atoms with van der Waals surface area (Å²) < 4.78 is 0. The van der Waals surface area contributed by atoms with E-state index in [1.165, 1.54) is 0 Å². The largest absolute Gasteiger partial charge is 0.397 e. The highest BCUT2D eigenvalue weighted by atomic mass is 16.1. The van der Waals surface area contributed by atoms with Crippen LogP contribution in [-0.4, -0.2) is 44.0 Å². The third-order valence-electron chi connectivity index (χ3n) is 8.20. The fourth-order valence-corrected chi connectivity index (χ4v) is 5.66. The maximum atomic E-state index is 13.2. The van der Waals surface area contributed by atoms with Crippen molar-refractivity contribution in [1.82, 2.24) is 16.0 Å². The lowest BCUT2D eigenvalue weighted by molar-refractivity contribution is -0.114. The van der Waals surface area contributed by atoms with E-state index in [-0.39, 0.29) is 11.8 Å². The lowest BCUT2D eigenvalue weighted by Crippen LogP contribution is -2.34. The minimum atomic E-state index is -0.237. The van der Waals surface area contributed by atoms with Gasteiger partial charge in [-0.05, 0) is 64.3 Å². The first kappa shape index (κ1) is 47.1. The predicted octanol–water partition coefficient (Wildman–Crippen LogP) is 9.54. The number of hydrogen-bond acceptors (Lipinski definition) is 6. The van der Waals surface area contributed by atoms with E-state index in [1.54, 1.807) is 20.2 Å². The molecule has 3 aliphatic rings. The molecule has 52 heavy (non-hydrogen) atoms. The summed E-state index contributed by atoms with van der Waals surface area (Å²) in [5.74, 6) is 0.681. The lowest BCUT2D eigenvalue weighted by Gasteiger charge is -2.27. The van der Waals surface area contributed by atoms with E-state index < -0.39 is 0 Å². The van der Waals surface area contributed by atoms with Crippen molar-refractivity contribution < 1.29 is 4.79 Å². The standard InChI is InChI=1S/C38H49N5O.C3H7N.2C2H6/c1-9-11-16-32-19-20-34(33(32)13-10-2)43-27(6)21-26(5)22-35(42-25(3)4)38(44)41-24-31-15-12-14-30(17-18-31)23-40-37-29(8)28(7)36(37)39;1-3-4-2;2*1-2/h9-18,22,31-34,40,43H,1,3,6-8,19-21,23-24,39H2,2,4-5H3,(H,41,44);3H,1-2H3;2*1-2H3/b13-10-,16-11+,26-22+,42-35?;;;. The molecule has 1 amide bonds. The normalized spacial score (nSPS) is 21.2. The van der Waals surface area contributed by atoms with E-state index in [4.69, 9.17) is 5.73 Å². The maximum Gasteiger partial charge on any atom is 0.269 e. The molecule has 0 bridgehead atoms. The van der Waals surface area contributed by atoms with Gasteiger partial charge in [-0.2, -0.15) is 0 Å². The molecule has 0 aromatic heterocycles. The molecular formula is C45H68N6O. The second-order valence-electron chi connectivity index (χ2n) is 12.2. The number of aliphatic imine (C=N–C) groups is 2. The smallest absolute Gasteiger partial charge is 0.269 e. The molecule has 284 valence electrons. The second kappa shape index (κ2) is 26.8. The Bertz CT molecular complexity index is 1500. The number of rotatable bonds is 15. The van der Waals surface area contributed by atoms with E-state index >= 15 is 0 Å². The molecule has 5 N–H and O–H groups in total. The molecule has 0 radical (unpaired) electrons. The maximum absolute atomic E-state index is 13.2. The number of nitrogens with two attached hydrogens (primary N) is 1. The van der Waals surface area contributed by atoms with Crippen molar-refractivity contribution in [2.24, 2.45) is 33.5 Å². The predicted molar refractivity (Wildman–Crippen MR) is 230 cm³/mol. The Morgan fingerprint density at radius 3 is 2.29 bits per heavy atom. The lowest BCUT2D eigenvalue weighted by atomic mass is 9.90. The van der Waals surface area contributed by atoms with Gasteiger partial charge < -0.3 is 26.7 Å². The van der Waals surface area contributed by atoms with Crippen LogP contribution >= 0.6 is 0 Å². The first-order valence-corrected chi connectivity index (χ1v) is 18.6. The molecule has 1 fully saturated rings. The van der Waals surface area contributed by atoms with Crippen molar-refractivity contribution in [3.05, 3.63) is 145 Å². The Balaban J connectivity index is 0.00000298. The van der Waals surface area contributed by atoms with Crippen molar-refractivity contribution in [3.63, 3.8) is 0 Å². The van der Waals surface area contributed by atoms with Crippen LogP contribution in [0.15, 0.2) is 155 Å². The molecule has 0 heterocycles. The van der Waals surface area contributed by atoms with E-state index in [0.717, 1.165) is 46.5 Å². The zero-order valence-electron chi connectivity index (χ0n) is 33.7. The first-order chi connectivity index (χ1) is 24.9. The fourth-order valence-electron chi connectivity index (χ4n) is 5.66. The number of amides is 1. The van der Waals surface area contributed by atoms with Crippen LogP contribution in [0.3, 0.4) is 0 Å². The third kappa shape index (κ3) is 16.4. The Morgan fingerprint density at radius 1 is 1.04 bits per heavy atom. The Labute approximate surface area is 316 Å². The van der Waals surface area contributed by atoms with Crippen LogP contribution in [0.2, 0.25) is 0 Å². The van der Waals surface area contributed by atoms with Gasteiger partial charge in [0.2, 0.25) is 0 Å². The number of nitrogens with one attached hydrogen (secondary N) is 3. The van der Waals surface area contributed by atoms with Gasteiger partial charge in [-0.15, -0.1) is 0 Å². The average Bonchev–Trinajstić information content (AvgIpc) is 3.35. The Hall–Kier alpha value is -4.91. The highest BCUT2D eigenvalue weighted by Crippen LogP contribution is 2.35. The SMILES string of the molecule is C=C/C=C/C1CCC(NC(=C)C/C(C)=C/C(=NC(=C)C)C(=O)NCC2C=CC=C(CNC3=C(N)C(=C)C3=C)C=C2)C1/C=C\C.CC.CC.CC=NC. The third-order valence-corrected chi connectivity index (χ3v) is 8.20. The Morgan fingerprint density at radius 2 is 1.71 bits per heavy atom.